The van der Waals surface area contributed by atoms with Gasteiger partial charge in [-0.25, -0.2) is 4.39 Å². The summed E-state index contributed by atoms with van der Waals surface area (Å²) in [5, 5.41) is 11.4. The Labute approximate surface area is 137 Å². The van der Waals surface area contributed by atoms with Crippen LogP contribution in [0.5, 0.6) is 0 Å². The molecule has 0 bridgehead atoms. The maximum Gasteiger partial charge on any atom is 0.314 e. The molecule has 2 aromatic carbocycles. The van der Waals surface area contributed by atoms with Crippen LogP contribution >= 0.6 is 0 Å². The number of nitrogens with one attached hydrogen (secondary N) is 1. The van der Waals surface area contributed by atoms with Crippen molar-refractivity contribution in [3.05, 3.63) is 65.0 Å². The molecule has 0 saturated carbocycles. The molecule has 1 N–H and O–H groups in total. The summed E-state index contributed by atoms with van der Waals surface area (Å²) in [7, 11) is 0. The molecule has 0 aromatic heterocycles. The zero-order valence-corrected chi connectivity index (χ0v) is 12.6. The Morgan fingerprint density at radius 3 is 2.96 bits per heavy atom. The molecular weight excluding hydrogens is 311 g/mol. The molecule has 0 saturated heterocycles. The first-order chi connectivity index (χ1) is 11.6. The van der Waals surface area contributed by atoms with E-state index >= 15 is 0 Å². The summed E-state index contributed by atoms with van der Waals surface area (Å²) < 4.78 is 18.6. The lowest BCUT2D eigenvalue weighted by Gasteiger charge is -2.24. The number of nitrogens with zero attached hydrogens (tertiary/aromatic N) is 1. The molecule has 120 valence electrons. The summed E-state index contributed by atoms with van der Waals surface area (Å²) in [6.45, 7) is 0.00298. The number of carbonyl (C=O) groups is 2. The first-order valence-electron chi connectivity index (χ1n) is 7.32. The van der Waals surface area contributed by atoms with Crippen LogP contribution in [0.3, 0.4) is 0 Å². The highest BCUT2D eigenvalue weighted by molar-refractivity contribution is 5.99. The number of carbonyl (C=O) groups excluding carboxylic acids is 2. The molecule has 5 nitrogen and oxygen atoms in total. The number of nitriles is 1. The second-order valence-corrected chi connectivity index (χ2v) is 5.46. The summed E-state index contributed by atoms with van der Waals surface area (Å²) in [6.07, 6.45) is -0.0459. The zero-order valence-electron chi connectivity index (χ0n) is 12.6. The molecule has 1 atom stereocenters. The summed E-state index contributed by atoms with van der Waals surface area (Å²) >= 11 is 0. The van der Waals surface area contributed by atoms with E-state index in [1.54, 1.807) is 24.3 Å². The van der Waals surface area contributed by atoms with Gasteiger partial charge >= 0.3 is 5.97 Å². The Morgan fingerprint density at radius 1 is 1.33 bits per heavy atom. The van der Waals surface area contributed by atoms with E-state index in [4.69, 9.17) is 10.00 Å². The van der Waals surface area contributed by atoms with E-state index in [-0.39, 0.29) is 18.9 Å². The van der Waals surface area contributed by atoms with Crippen LogP contribution in [0.4, 0.5) is 10.1 Å². The average molecular weight is 324 g/mol. The van der Waals surface area contributed by atoms with Gasteiger partial charge in [0, 0.05) is 12.1 Å². The zero-order chi connectivity index (χ0) is 17.1. The summed E-state index contributed by atoms with van der Waals surface area (Å²) in [5.41, 5.74) is 1.98. The third-order valence-corrected chi connectivity index (χ3v) is 3.78. The number of anilines is 1. The fourth-order valence-corrected chi connectivity index (χ4v) is 2.63. The van der Waals surface area contributed by atoms with E-state index in [1.165, 1.54) is 18.2 Å². The monoisotopic (exact) mass is 324 g/mol. The van der Waals surface area contributed by atoms with Crippen molar-refractivity contribution in [2.45, 2.75) is 18.9 Å². The van der Waals surface area contributed by atoms with Gasteiger partial charge in [0.25, 0.3) is 0 Å². The van der Waals surface area contributed by atoms with E-state index in [1.807, 2.05) is 6.07 Å². The molecule has 0 unspecified atom stereocenters. The number of halogens is 1. The van der Waals surface area contributed by atoms with Gasteiger partial charge < -0.3 is 10.1 Å². The molecule has 0 aliphatic carbocycles. The van der Waals surface area contributed by atoms with Crippen LogP contribution in [0.2, 0.25) is 0 Å². The second-order valence-electron chi connectivity index (χ2n) is 5.46. The number of benzene rings is 2. The SMILES string of the molecule is N#Cc1cccc(COC(=O)[C@H]2CC(=O)Nc3cc(F)ccc32)c1. The fourth-order valence-electron chi connectivity index (χ4n) is 2.63. The van der Waals surface area contributed by atoms with Gasteiger partial charge in [-0.3, -0.25) is 9.59 Å². The van der Waals surface area contributed by atoms with Crippen molar-refractivity contribution in [3.63, 3.8) is 0 Å². The summed E-state index contributed by atoms with van der Waals surface area (Å²) in [4.78, 5) is 24.1. The topological polar surface area (TPSA) is 79.2 Å². The minimum Gasteiger partial charge on any atom is -0.460 e. The van der Waals surface area contributed by atoms with E-state index < -0.39 is 17.7 Å². The summed E-state index contributed by atoms with van der Waals surface area (Å²) in [5.74, 6) is -2.17. The Morgan fingerprint density at radius 2 is 2.17 bits per heavy atom. The van der Waals surface area contributed by atoms with Crippen LogP contribution in [0.1, 0.15) is 29.0 Å². The Hall–Kier alpha value is -3.20. The lowest BCUT2D eigenvalue weighted by molar-refractivity contribution is -0.148. The van der Waals surface area contributed by atoms with Gasteiger partial charge in [0.15, 0.2) is 0 Å². The van der Waals surface area contributed by atoms with E-state index in [0.29, 0.717) is 22.4 Å². The minimum absolute atomic E-state index is 0.00298. The van der Waals surface area contributed by atoms with Crippen LogP contribution in [0.25, 0.3) is 0 Å². The maximum absolute atomic E-state index is 13.3. The molecule has 1 aliphatic heterocycles. The number of ether oxygens (including phenoxy) is 1. The van der Waals surface area contributed by atoms with Crippen molar-refractivity contribution in [2.24, 2.45) is 0 Å². The van der Waals surface area contributed by atoms with E-state index in [0.717, 1.165) is 0 Å². The molecule has 1 heterocycles. The first kappa shape index (κ1) is 15.7. The van der Waals surface area contributed by atoms with E-state index in [9.17, 15) is 14.0 Å². The molecular formula is C18H13FN2O3. The van der Waals surface area contributed by atoms with Crippen molar-refractivity contribution >= 4 is 17.6 Å². The lowest BCUT2D eigenvalue weighted by Crippen LogP contribution is -2.28. The van der Waals surface area contributed by atoms with Gasteiger partial charge in [-0.1, -0.05) is 18.2 Å². The molecule has 1 amide bonds. The van der Waals surface area contributed by atoms with Gasteiger partial charge in [-0.2, -0.15) is 5.26 Å². The van der Waals surface area contributed by atoms with Crippen LogP contribution in [-0.4, -0.2) is 11.9 Å². The first-order valence-corrected chi connectivity index (χ1v) is 7.32. The highest BCUT2D eigenvalue weighted by Gasteiger charge is 2.32. The standard InChI is InChI=1S/C18H13FN2O3/c19-13-4-5-14-15(8-17(22)21-16(14)7-13)18(23)24-10-12-3-1-2-11(6-12)9-20/h1-7,15H,8,10H2,(H,21,22)/t15-/m0/s1. The molecule has 0 radical (unpaired) electrons. The molecule has 3 rings (SSSR count). The molecule has 2 aromatic rings. The number of fused-ring (bicyclic) bond motifs is 1. The Bertz CT molecular complexity index is 858. The highest BCUT2D eigenvalue weighted by atomic mass is 19.1. The predicted octanol–water partition coefficient (Wildman–Crippen LogP) is 2.87. The van der Waals surface area contributed by atoms with Crippen LogP contribution < -0.4 is 5.32 Å². The predicted molar refractivity (Wildman–Crippen MR) is 83.3 cm³/mol. The van der Waals surface area contributed by atoms with Gasteiger partial charge in [0.1, 0.15) is 12.4 Å². The van der Waals surface area contributed by atoms with Crippen LogP contribution in [0.15, 0.2) is 42.5 Å². The third kappa shape index (κ3) is 3.25. The second kappa shape index (κ2) is 6.50. The van der Waals surface area contributed by atoms with Gasteiger partial charge in [-0.15, -0.1) is 0 Å². The molecule has 0 fully saturated rings. The number of hydrogen-bond donors (Lipinski definition) is 1. The van der Waals surface area contributed by atoms with E-state index in [2.05, 4.69) is 5.32 Å². The molecule has 1 aliphatic rings. The Balaban J connectivity index is 1.76. The number of rotatable bonds is 3. The third-order valence-electron chi connectivity index (χ3n) is 3.78. The van der Waals surface area contributed by atoms with Crippen molar-refractivity contribution in [3.8, 4) is 6.07 Å². The molecule has 0 spiro atoms. The van der Waals surface area contributed by atoms with Crippen LogP contribution in [0, 0.1) is 17.1 Å². The van der Waals surface area contributed by atoms with Crippen molar-refractivity contribution < 1.29 is 18.7 Å². The van der Waals surface area contributed by atoms with Gasteiger partial charge in [0.05, 0.1) is 17.6 Å². The molecule has 6 heteroatoms. The van der Waals surface area contributed by atoms with Crippen molar-refractivity contribution in [1.82, 2.24) is 0 Å². The maximum atomic E-state index is 13.3. The number of esters is 1. The highest BCUT2D eigenvalue weighted by Crippen LogP contribution is 2.33. The largest absolute Gasteiger partial charge is 0.460 e. The van der Waals surface area contributed by atoms with Gasteiger partial charge in [-0.05, 0) is 35.4 Å². The fraction of sp³-hybridized carbons (Fsp3) is 0.167. The number of hydrogen-bond acceptors (Lipinski definition) is 4. The number of amides is 1. The minimum atomic E-state index is -0.770. The quantitative estimate of drug-likeness (QED) is 0.881. The smallest absolute Gasteiger partial charge is 0.314 e. The van der Waals surface area contributed by atoms with Crippen molar-refractivity contribution in [2.75, 3.05) is 5.32 Å². The summed E-state index contributed by atoms with van der Waals surface area (Å²) in [6, 6.07) is 12.6. The van der Waals surface area contributed by atoms with Crippen molar-refractivity contribution in [1.29, 1.82) is 5.26 Å². The molecule has 24 heavy (non-hydrogen) atoms. The lowest BCUT2D eigenvalue weighted by atomic mass is 9.90. The Kier molecular flexibility index (Phi) is 4.25. The van der Waals surface area contributed by atoms with Gasteiger partial charge in [0.2, 0.25) is 5.91 Å². The van der Waals surface area contributed by atoms with Crippen LogP contribution in [-0.2, 0) is 20.9 Å². The average Bonchev–Trinajstić information content (AvgIpc) is 2.58. The normalized spacial score (nSPS) is 15.8.